The molecular formula is C31H43NO15. The summed E-state index contributed by atoms with van der Waals surface area (Å²) in [6, 6.07) is 11.2. The third kappa shape index (κ3) is 7.46. The van der Waals surface area contributed by atoms with Crippen molar-refractivity contribution in [3.8, 4) is 0 Å². The second-order valence-corrected chi connectivity index (χ2v) is 11.8. The van der Waals surface area contributed by atoms with Crippen LogP contribution in [0, 0.1) is 0 Å². The Kier molecular flexibility index (Phi) is 11.8. The van der Waals surface area contributed by atoms with E-state index in [1.165, 1.54) is 6.92 Å². The first-order valence-electron chi connectivity index (χ1n) is 15.5. The number of hydrogen-bond acceptors (Lipinski definition) is 15. The Labute approximate surface area is 270 Å². The monoisotopic (exact) mass is 669 g/mol. The van der Waals surface area contributed by atoms with E-state index >= 15 is 0 Å². The van der Waals surface area contributed by atoms with E-state index in [0.29, 0.717) is 0 Å². The molecule has 5 rings (SSSR count). The van der Waals surface area contributed by atoms with Crippen LogP contribution in [0.1, 0.15) is 24.2 Å². The lowest BCUT2D eigenvalue weighted by atomic mass is 9.94. The van der Waals surface area contributed by atoms with E-state index < -0.39 is 111 Å². The molecule has 16 nitrogen and oxygen atoms in total. The highest BCUT2D eigenvalue weighted by Crippen LogP contribution is 2.34. The van der Waals surface area contributed by atoms with Gasteiger partial charge in [-0.1, -0.05) is 30.3 Å². The van der Waals surface area contributed by atoms with Crippen LogP contribution in [0.4, 0.5) is 0 Å². The minimum atomic E-state index is -1.86. The molecule has 16 heteroatoms. The van der Waals surface area contributed by atoms with Crippen LogP contribution < -0.4 is 5.32 Å². The molecule has 1 amide bonds. The largest absolute Gasteiger partial charge is 0.394 e. The Balaban J connectivity index is 1.52. The molecule has 0 spiro atoms. The van der Waals surface area contributed by atoms with Crippen molar-refractivity contribution in [1.29, 1.82) is 0 Å². The molecule has 3 heterocycles. The zero-order valence-electron chi connectivity index (χ0n) is 25.8. The van der Waals surface area contributed by atoms with Gasteiger partial charge in [0.1, 0.15) is 67.1 Å². The quantitative estimate of drug-likeness (QED) is 0.123. The van der Waals surface area contributed by atoms with Crippen LogP contribution in [0.25, 0.3) is 10.8 Å². The van der Waals surface area contributed by atoms with Crippen molar-refractivity contribution in [2.24, 2.45) is 0 Å². The molecule has 262 valence electrons. The van der Waals surface area contributed by atoms with Crippen molar-refractivity contribution in [3.05, 3.63) is 48.0 Å². The fraction of sp³-hybridized carbons (Fsp3) is 0.645. The molecule has 0 aromatic heterocycles. The predicted octanol–water partition coefficient (Wildman–Crippen LogP) is -2.91. The van der Waals surface area contributed by atoms with Gasteiger partial charge in [-0.15, -0.1) is 0 Å². The molecule has 47 heavy (non-hydrogen) atoms. The molecule has 0 aliphatic carbocycles. The van der Waals surface area contributed by atoms with Crippen molar-refractivity contribution >= 4 is 16.7 Å². The third-order valence-electron chi connectivity index (χ3n) is 8.71. The number of benzene rings is 2. The van der Waals surface area contributed by atoms with E-state index in [2.05, 4.69) is 5.32 Å². The molecule has 2 aromatic carbocycles. The Morgan fingerprint density at radius 3 is 1.98 bits per heavy atom. The molecular weight excluding hydrogens is 626 g/mol. The van der Waals surface area contributed by atoms with Crippen LogP contribution >= 0.6 is 0 Å². The lowest BCUT2D eigenvalue weighted by Crippen LogP contribution is -2.70. The molecule has 0 unspecified atom stereocenters. The second kappa shape index (κ2) is 15.4. The summed E-state index contributed by atoms with van der Waals surface area (Å²) in [7, 11) is 0. The Morgan fingerprint density at radius 2 is 1.32 bits per heavy atom. The number of rotatable bonds is 10. The number of nitrogens with one attached hydrogen (secondary N) is 1. The van der Waals surface area contributed by atoms with Gasteiger partial charge in [-0.2, -0.15) is 0 Å². The van der Waals surface area contributed by atoms with Crippen LogP contribution in [0.5, 0.6) is 0 Å². The fourth-order valence-corrected chi connectivity index (χ4v) is 6.02. The van der Waals surface area contributed by atoms with E-state index in [9.17, 15) is 45.6 Å². The van der Waals surface area contributed by atoms with Gasteiger partial charge < -0.3 is 74.6 Å². The summed E-state index contributed by atoms with van der Waals surface area (Å²) in [5, 5.41) is 87.6. The van der Waals surface area contributed by atoms with E-state index in [1.54, 1.807) is 25.1 Å². The number of carbonyl (C=O) groups excluding carboxylic acids is 1. The summed E-state index contributed by atoms with van der Waals surface area (Å²) in [5.41, 5.74) is 0.254. The van der Waals surface area contributed by atoms with Gasteiger partial charge in [0, 0.05) is 12.2 Å². The fourth-order valence-electron chi connectivity index (χ4n) is 6.02. The Bertz CT molecular complexity index is 1330. The first-order valence-corrected chi connectivity index (χ1v) is 15.5. The average Bonchev–Trinajstić information content (AvgIpc) is 3.08. The maximum atomic E-state index is 13.7. The highest BCUT2D eigenvalue weighted by molar-refractivity contribution is 5.98. The molecule has 3 aliphatic heterocycles. The van der Waals surface area contributed by atoms with Crippen LogP contribution in [0.3, 0.4) is 0 Å². The molecule has 0 saturated carbocycles. The minimum absolute atomic E-state index is 0.0789. The van der Waals surface area contributed by atoms with E-state index in [-0.39, 0.29) is 12.2 Å². The molecule has 0 bridgehead atoms. The number of fused-ring (bicyclic) bond motifs is 1. The first-order chi connectivity index (χ1) is 22.5. The zero-order chi connectivity index (χ0) is 34.0. The second-order valence-electron chi connectivity index (χ2n) is 11.8. The summed E-state index contributed by atoms with van der Waals surface area (Å²) < 4.78 is 35.3. The summed E-state index contributed by atoms with van der Waals surface area (Å²) in [6.07, 6.45) is -21.5. The van der Waals surface area contributed by atoms with E-state index in [1.807, 2.05) is 24.3 Å². The summed E-state index contributed by atoms with van der Waals surface area (Å²) >= 11 is 0. The molecule has 3 saturated heterocycles. The molecule has 3 fully saturated rings. The van der Waals surface area contributed by atoms with Crippen molar-refractivity contribution < 1.29 is 74.1 Å². The van der Waals surface area contributed by atoms with Crippen molar-refractivity contribution in [2.45, 2.75) is 106 Å². The van der Waals surface area contributed by atoms with Gasteiger partial charge in [-0.05, 0) is 36.8 Å². The maximum Gasteiger partial charge on any atom is 0.251 e. The number of aliphatic hydroxyl groups is 8. The van der Waals surface area contributed by atoms with Crippen molar-refractivity contribution in [3.63, 3.8) is 0 Å². The first kappa shape index (κ1) is 35.9. The topological polar surface area (TPSA) is 246 Å². The van der Waals surface area contributed by atoms with Gasteiger partial charge >= 0.3 is 0 Å². The average molecular weight is 670 g/mol. The number of carbonyl (C=O) groups is 1. The summed E-state index contributed by atoms with van der Waals surface area (Å²) in [4.78, 5) is 13.7. The highest BCUT2D eigenvalue weighted by atomic mass is 16.8. The van der Waals surface area contributed by atoms with Crippen molar-refractivity contribution in [1.82, 2.24) is 5.32 Å². The Morgan fingerprint density at radius 1 is 0.723 bits per heavy atom. The number of ether oxygens (including phenoxy) is 6. The molecule has 0 radical (unpaired) electrons. The third-order valence-corrected chi connectivity index (χ3v) is 8.71. The maximum absolute atomic E-state index is 13.7. The van der Waals surface area contributed by atoms with Gasteiger partial charge in [0.05, 0.1) is 19.3 Å². The minimum Gasteiger partial charge on any atom is -0.394 e. The van der Waals surface area contributed by atoms with Crippen LogP contribution in [-0.2, 0) is 28.4 Å². The Hall–Kier alpha value is -2.39. The molecule has 3 aliphatic rings. The van der Waals surface area contributed by atoms with Gasteiger partial charge in [0.2, 0.25) is 0 Å². The predicted molar refractivity (Wildman–Crippen MR) is 158 cm³/mol. The molecule has 15 atom stereocenters. The van der Waals surface area contributed by atoms with Crippen LogP contribution in [0.15, 0.2) is 42.5 Å². The number of amides is 1. The van der Waals surface area contributed by atoms with Crippen LogP contribution in [-0.4, -0.2) is 159 Å². The van der Waals surface area contributed by atoms with Crippen LogP contribution in [0.2, 0.25) is 0 Å². The van der Waals surface area contributed by atoms with E-state index in [4.69, 9.17) is 28.4 Å². The highest BCUT2D eigenvalue weighted by Gasteiger charge is 2.54. The lowest BCUT2D eigenvalue weighted by molar-refractivity contribution is -0.372. The SMILES string of the molecule is CCO[C@@H]1O[C@@H](CO)[C@@H](O[C@@H]2O[C@@H](C)[C@H](O)[C@H](O)[C@@H]2O)[C@H](O[C@@H]2O[C@@H](CO)[C@H](O)[C@H](O)[C@@H]2O)[C@@H]1NC(=O)c1ccc2ccccc2c1. The van der Waals surface area contributed by atoms with Gasteiger partial charge in [-0.3, -0.25) is 4.79 Å². The smallest absolute Gasteiger partial charge is 0.251 e. The van der Waals surface area contributed by atoms with Crippen molar-refractivity contribution in [2.75, 3.05) is 19.8 Å². The summed E-state index contributed by atoms with van der Waals surface area (Å²) in [6.45, 7) is 1.72. The van der Waals surface area contributed by atoms with E-state index in [0.717, 1.165) is 10.8 Å². The number of hydrogen-bond donors (Lipinski definition) is 9. The summed E-state index contributed by atoms with van der Waals surface area (Å²) in [5.74, 6) is -0.598. The zero-order valence-corrected chi connectivity index (χ0v) is 25.8. The molecule has 2 aromatic rings. The lowest BCUT2D eigenvalue weighted by Gasteiger charge is -2.50. The molecule has 9 N–H and O–H groups in total. The van der Waals surface area contributed by atoms with Gasteiger partial charge in [0.25, 0.3) is 5.91 Å². The van der Waals surface area contributed by atoms with Gasteiger partial charge in [0.15, 0.2) is 18.9 Å². The van der Waals surface area contributed by atoms with Gasteiger partial charge in [-0.25, -0.2) is 0 Å². The number of aliphatic hydroxyl groups excluding tert-OH is 8. The standard InChI is InChI=1S/C31H43NO15/c1-3-42-29-19(32-28(41)16-9-8-14-6-4-5-7-15(14)10-16)27(47-31-25(40)23(38)21(36)17(11-33)44-31)26(18(12-34)45-29)46-30-24(39)22(37)20(35)13(2)43-30/h4-10,13,17-27,29-31,33-40H,3,11-12H2,1-2H3,(H,32,41)/t13-,17-,18-,19-,20-,21-,22-,23-,24-,25-,26+,27+,29+,30-,31-/m0/s1. The normalized spacial score (nSPS) is 41.1.